The molecule has 6 nitrogen and oxygen atoms in total. The van der Waals surface area contributed by atoms with Crippen LogP contribution in [0.4, 0.5) is 0 Å². The van der Waals surface area contributed by atoms with E-state index in [1.54, 1.807) is 18.2 Å². The van der Waals surface area contributed by atoms with E-state index in [-0.39, 0.29) is 24.1 Å². The molecule has 1 aromatic rings. The molecule has 1 aromatic carbocycles. The average Bonchev–Trinajstić information content (AvgIpc) is 3.04. The quantitative estimate of drug-likeness (QED) is 0.813. The van der Waals surface area contributed by atoms with E-state index in [4.69, 9.17) is 14.2 Å². The van der Waals surface area contributed by atoms with Crippen LogP contribution in [-0.2, 0) is 9.53 Å². The molecule has 120 valence electrons. The van der Waals surface area contributed by atoms with Crippen LogP contribution in [-0.4, -0.2) is 38.7 Å². The minimum absolute atomic E-state index is 0.206. The number of carbonyl (C=O) groups is 2. The molecule has 1 amide bonds. The number of ether oxygens (including phenoxy) is 3. The lowest BCUT2D eigenvalue weighted by atomic mass is 10.2. The van der Waals surface area contributed by atoms with Crippen molar-refractivity contribution in [1.29, 1.82) is 0 Å². The number of esters is 1. The first-order chi connectivity index (χ1) is 10.7. The molecule has 22 heavy (non-hydrogen) atoms. The Hall–Kier alpha value is -2.24. The Morgan fingerprint density at radius 2 is 1.91 bits per heavy atom. The smallest absolute Gasteiger partial charge is 0.342 e. The summed E-state index contributed by atoms with van der Waals surface area (Å²) in [6.07, 6.45) is 4.24. The summed E-state index contributed by atoms with van der Waals surface area (Å²) < 4.78 is 15.4. The number of carbonyl (C=O) groups excluding carboxylic acids is 2. The van der Waals surface area contributed by atoms with Crippen LogP contribution < -0.4 is 14.8 Å². The molecule has 1 saturated carbocycles. The van der Waals surface area contributed by atoms with Gasteiger partial charge in [-0.1, -0.05) is 18.9 Å². The van der Waals surface area contributed by atoms with Crippen LogP contribution in [0.3, 0.4) is 0 Å². The molecule has 0 unspecified atom stereocenters. The number of hydrogen-bond acceptors (Lipinski definition) is 5. The highest BCUT2D eigenvalue weighted by atomic mass is 16.5. The molecule has 1 aliphatic rings. The zero-order valence-electron chi connectivity index (χ0n) is 12.9. The predicted octanol–water partition coefficient (Wildman–Crippen LogP) is 1.92. The second-order valence-corrected chi connectivity index (χ2v) is 5.17. The van der Waals surface area contributed by atoms with Gasteiger partial charge in [-0.3, -0.25) is 4.79 Å². The maximum Gasteiger partial charge on any atom is 0.342 e. The fraction of sp³-hybridized carbons (Fsp3) is 0.500. The van der Waals surface area contributed by atoms with E-state index in [1.807, 2.05) is 0 Å². The summed E-state index contributed by atoms with van der Waals surface area (Å²) in [6.45, 7) is -0.296. The molecule has 1 fully saturated rings. The highest BCUT2D eigenvalue weighted by molar-refractivity contribution is 5.95. The fourth-order valence-corrected chi connectivity index (χ4v) is 2.60. The van der Waals surface area contributed by atoms with Crippen LogP contribution in [0.1, 0.15) is 36.0 Å². The van der Waals surface area contributed by atoms with Crippen molar-refractivity contribution in [3.63, 3.8) is 0 Å². The van der Waals surface area contributed by atoms with Crippen LogP contribution in [0.5, 0.6) is 11.5 Å². The lowest BCUT2D eigenvalue weighted by Gasteiger charge is -2.13. The molecule has 1 N–H and O–H groups in total. The Morgan fingerprint density at radius 1 is 1.18 bits per heavy atom. The minimum Gasteiger partial charge on any atom is -0.493 e. The highest BCUT2D eigenvalue weighted by Crippen LogP contribution is 2.31. The van der Waals surface area contributed by atoms with Crippen LogP contribution >= 0.6 is 0 Å². The zero-order valence-corrected chi connectivity index (χ0v) is 12.9. The predicted molar refractivity (Wildman–Crippen MR) is 80.2 cm³/mol. The molecule has 0 aromatic heterocycles. The van der Waals surface area contributed by atoms with E-state index in [2.05, 4.69) is 5.32 Å². The Kier molecular flexibility index (Phi) is 5.63. The van der Waals surface area contributed by atoms with Gasteiger partial charge >= 0.3 is 5.97 Å². The number of nitrogens with one attached hydrogen (secondary N) is 1. The first-order valence-corrected chi connectivity index (χ1v) is 7.33. The third-order valence-corrected chi connectivity index (χ3v) is 3.68. The summed E-state index contributed by atoms with van der Waals surface area (Å²) in [5.41, 5.74) is 0.232. The number of para-hydroxylation sites is 1. The molecule has 0 spiro atoms. The normalized spacial score (nSPS) is 14.5. The summed E-state index contributed by atoms with van der Waals surface area (Å²) in [5.74, 6) is -0.155. The molecule has 0 aliphatic heterocycles. The van der Waals surface area contributed by atoms with E-state index >= 15 is 0 Å². The van der Waals surface area contributed by atoms with E-state index in [0.717, 1.165) is 25.7 Å². The SMILES string of the molecule is COc1cccc(C(=O)OCC(=O)NC2CCCC2)c1OC. The van der Waals surface area contributed by atoms with Crippen molar-refractivity contribution in [1.82, 2.24) is 5.32 Å². The number of rotatable bonds is 6. The fourth-order valence-electron chi connectivity index (χ4n) is 2.60. The first-order valence-electron chi connectivity index (χ1n) is 7.33. The largest absolute Gasteiger partial charge is 0.493 e. The highest BCUT2D eigenvalue weighted by Gasteiger charge is 2.20. The van der Waals surface area contributed by atoms with Crippen molar-refractivity contribution in [3.05, 3.63) is 23.8 Å². The molecule has 1 aliphatic carbocycles. The molecule has 0 saturated heterocycles. The van der Waals surface area contributed by atoms with Gasteiger partial charge in [-0.2, -0.15) is 0 Å². The van der Waals surface area contributed by atoms with Gasteiger partial charge in [-0.15, -0.1) is 0 Å². The van der Waals surface area contributed by atoms with Crippen LogP contribution in [0.2, 0.25) is 0 Å². The van der Waals surface area contributed by atoms with Gasteiger partial charge in [0.2, 0.25) is 0 Å². The van der Waals surface area contributed by atoms with Crippen LogP contribution in [0.25, 0.3) is 0 Å². The monoisotopic (exact) mass is 307 g/mol. The van der Waals surface area contributed by atoms with E-state index in [0.29, 0.717) is 11.5 Å². The van der Waals surface area contributed by atoms with Gasteiger partial charge in [-0.25, -0.2) is 4.79 Å². The third kappa shape index (κ3) is 3.90. The summed E-state index contributed by atoms with van der Waals surface area (Å²) in [5, 5.41) is 2.86. The van der Waals surface area contributed by atoms with E-state index in [9.17, 15) is 9.59 Å². The molecule has 2 rings (SSSR count). The van der Waals surface area contributed by atoms with Crippen molar-refractivity contribution in [2.75, 3.05) is 20.8 Å². The maximum atomic E-state index is 12.1. The van der Waals surface area contributed by atoms with E-state index in [1.165, 1.54) is 14.2 Å². The molecular weight excluding hydrogens is 286 g/mol. The Labute approximate surface area is 129 Å². The Morgan fingerprint density at radius 3 is 2.55 bits per heavy atom. The van der Waals surface area contributed by atoms with Gasteiger partial charge in [-0.05, 0) is 25.0 Å². The van der Waals surface area contributed by atoms with Crippen molar-refractivity contribution >= 4 is 11.9 Å². The number of hydrogen-bond donors (Lipinski definition) is 1. The lowest BCUT2D eigenvalue weighted by molar-refractivity contribution is -0.124. The number of methoxy groups -OCH3 is 2. The molecule has 0 heterocycles. The van der Waals surface area contributed by atoms with Gasteiger partial charge in [0.1, 0.15) is 5.56 Å². The standard InChI is InChI=1S/C16H21NO5/c1-20-13-9-5-8-12(15(13)21-2)16(19)22-10-14(18)17-11-6-3-4-7-11/h5,8-9,11H,3-4,6-7,10H2,1-2H3,(H,17,18). The van der Waals surface area contributed by atoms with Crippen LogP contribution in [0, 0.1) is 0 Å². The van der Waals surface area contributed by atoms with Gasteiger partial charge in [0.25, 0.3) is 5.91 Å². The van der Waals surface area contributed by atoms with Gasteiger partial charge in [0, 0.05) is 6.04 Å². The lowest BCUT2D eigenvalue weighted by Crippen LogP contribution is -2.35. The van der Waals surface area contributed by atoms with Gasteiger partial charge in [0.15, 0.2) is 18.1 Å². The number of amides is 1. The summed E-state index contributed by atoms with van der Waals surface area (Å²) in [4.78, 5) is 23.9. The third-order valence-electron chi connectivity index (χ3n) is 3.68. The zero-order chi connectivity index (χ0) is 15.9. The Bertz CT molecular complexity index is 537. The molecule has 0 bridgehead atoms. The molecule has 6 heteroatoms. The second kappa shape index (κ2) is 7.68. The summed E-state index contributed by atoms with van der Waals surface area (Å²) in [6, 6.07) is 5.12. The van der Waals surface area contributed by atoms with Crippen LogP contribution in [0.15, 0.2) is 18.2 Å². The Balaban J connectivity index is 1.93. The second-order valence-electron chi connectivity index (χ2n) is 5.17. The topological polar surface area (TPSA) is 73.9 Å². The molecule has 0 atom stereocenters. The first kappa shape index (κ1) is 16.1. The van der Waals surface area contributed by atoms with Crippen molar-refractivity contribution in [2.24, 2.45) is 0 Å². The van der Waals surface area contributed by atoms with Gasteiger partial charge < -0.3 is 19.5 Å². The minimum atomic E-state index is -0.614. The maximum absolute atomic E-state index is 12.1. The molecule has 0 radical (unpaired) electrons. The number of benzene rings is 1. The van der Waals surface area contributed by atoms with Crippen molar-refractivity contribution in [3.8, 4) is 11.5 Å². The van der Waals surface area contributed by atoms with Gasteiger partial charge in [0.05, 0.1) is 14.2 Å². The molecular formula is C16H21NO5. The van der Waals surface area contributed by atoms with Crippen molar-refractivity contribution in [2.45, 2.75) is 31.7 Å². The average molecular weight is 307 g/mol. The van der Waals surface area contributed by atoms with E-state index < -0.39 is 5.97 Å². The summed E-state index contributed by atoms with van der Waals surface area (Å²) in [7, 11) is 2.93. The van der Waals surface area contributed by atoms with Crippen molar-refractivity contribution < 1.29 is 23.8 Å². The summed E-state index contributed by atoms with van der Waals surface area (Å²) >= 11 is 0.